The Morgan fingerprint density at radius 1 is 1.03 bits per heavy atom. The minimum absolute atomic E-state index is 0.0593. The lowest BCUT2D eigenvalue weighted by atomic mass is 10.1. The number of urea groups is 1. The van der Waals surface area contributed by atoms with Gasteiger partial charge in [0.05, 0.1) is 24.2 Å². The number of amides is 2. The molecule has 0 radical (unpaired) electrons. The Labute approximate surface area is 205 Å². The van der Waals surface area contributed by atoms with Crippen LogP contribution in [0.25, 0.3) is 28.2 Å². The van der Waals surface area contributed by atoms with Crippen LogP contribution in [0.5, 0.6) is 5.75 Å². The third-order valence-electron chi connectivity index (χ3n) is 4.94. The topological polar surface area (TPSA) is 93.4 Å². The Balaban J connectivity index is 1.66. The molecule has 2 amide bonds. The van der Waals surface area contributed by atoms with Crippen molar-refractivity contribution in [2.24, 2.45) is 0 Å². The molecular weight excluding hydrogens is 506 g/mol. The molecule has 194 valence electrons. The molecule has 1 aromatic carbocycles. The number of rotatable bonds is 6. The first-order chi connectivity index (χ1) is 17.4. The molecule has 0 atom stereocenters. The summed E-state index contributed by atoms with van der Waals surface area (Å²) >= 11 is 0. The number of hydrogen-bond donors (Lipinski definition) is 2. The van der Waals surface area contributed by atoms with Gasteiger partial charge in [-0.25, -0.2) is 19.7 Å². The van der Waals surface area contributed by atoms with Gasteiger partial charge in [0, 0.05) is 35.3 Å². The maximum Gasteiger partial charge on any atom is 0.451 e. The lowest BCUT2D eigenvalue weighted by molar-refractivity contribution is -0.144. The number of nitrogens with one attached hydrogen (secondary N) is 2. The zero-order valence-corrected chi connectivity index (χ0v) is 19.0. The lowest BCUT2D eigenvalue weighted by Crippen LogP contribution is -2.36. The molecule has 0 bridgehead atoms. The van der Waals surface area contributed by atoms with E-state index in [4.69, 9.17) is 4.74 Å². The quantitative estimate of drug-likeness (QED) is 0.322. The Hall–Kier alpha value is -4.36. The molecule has 0 unspecified atom stereocenters. The number of fused-ring (bicyclic) bond motifs is 1. The summed E-state index contributed by atoms with van der Waals surface area (Å²) in [5, 5.41) is 4.07. The number of aromatic nitrogens is 4. The Morgan fingerprint density at radius 2 is 1.81 bits per heavy atom. The molecule has 0 saturated heterocycles. The van der Waals surface area contributed by atoms with Gasteiger partial charge in [0.2, 0.25) is 5.82 Å². The Bertz CT molecular complexity index is 1430. The van der Waals surface area contributed by atoms with Gasteiger partial charge in [-0.15, -0.1) is 0 Å². The van der Waals surface area contributed by atoms with Crippen LogP contribution in [0.3, 0.4) is 0 Å². The van der Waals surface area contributed by atoms with Gasteiger partial charge in [0.1, 0.15) is 17.9 Å². The number of halogens is 6. The lowest BCUT2D eigenvalue weighted by Gasteiger charge is -2.13. The predicted molar refractivity (Wildman–Crippen MR) is 121 cm³/mol. The number of carbonyl (C=O) groups is 1. The maximum absolute atomic E-state index is 13.0. The second-order valence-electron chi connectivity index (χ2n) is 7.65. The van der Waals surface area contributed by atoms with Gasteiger partial charge in [-0.1, -0.05) is 0 Å². The average Bonchev–Trinajstić information content (AvgIpc) is 3.25. The highest BCUT2D eigenvalue weighted by Crippen LogP contribution is 2.31. The smallest absolute Gasteiger partial charge is 0.451 e. The summed E-state index contributed by atoms with van der Waals surface area (Å²) in [6.45, 7) is 0.532. The van der Waals surface area contributed by atoms with Crippen molar-refractivity contribution in [3.8, 4) is 28.3 Å². The molecule has 0 aliphatic rings. The highest BCUT2D eigenvalue weighted by atomic mass is 19.4. The number of ether oxygens (including phenoxy) is 1. The second kappa shape index (κ2) is 9.95. The van der Waals surface area contributed by atoms with Crippen molar-refractivity contribution < 1.29 is 35.9 Å². The van der Waals surface area contributed by atoms with Crippen molar-refractivity contribution in [3.63, 3.8) is 0 Å². The molecule has 8 nitrogen and oxygen atoms in total. The summed E-state index contributed by atoms with van der Waals surface area (Å²) in [4.78, 5) is 23.1. The van der Waals surface area contributed by atoms with Crippen molar-refractivity contribution in [1.82, 2.24) is 24.7 Å². The van der Waals surface area contributed by atoms with Crippen LogP contribution in [0.2, 0.25) is 0 Å². The standard InChI is InChI=1S/C23H18F6N6O2/c1-2-37-16-8-14(7-15(10-16)33-21(36)32-12-22(24,25)26)18-11-31-19-9-13(4-6-35(18)19)17-3-5-30-20(34-17)23(27,28)29/h3-11H,2,12H2,1H3,(H2,32,33,36). The first-order valence-corrected chi connectivity index (χ1v) is 10.7. The van der Waals surface area contributed by atoms with Crippen LogP contribution in [0, 0.1) is 0 Å². The zero-order chi connectivity index (χ0) is 26.8. The molecule has 4 aromatic rings. The molecule has 0 saturated carbocycles. The summed E-state index contributed by atoms with van der Waals surface area (Å²) in [6, 6.07) is 8.02. The molecule has 3 aromatic heterocycles. The highest BCUT2D eigenvalue weighted by molar-refractivity contribution is 5.90. The number of alkyl halides is 6. The number of nitrogens with zero attached hydrogens (tertiary/aromatic N) is 4. The molecule has 0 spiro atoms. The van der Waals surface area contributed by atoms with E-state index in [0.717, 1.165) is 6.20 Å². The van der Waals surface area contributed by atoms with Crippen molar-refractivity contribution in [2.45, 2.75) is 19.3 Å². The minimum atomic E-state index is -4.69. The van der Waals surface area contributed by atoms with E-state index < -0.39 is 30.8 Å². The normalized spacial score (nSPS) is 12.0. The van der Waals surface area contributed by atoms with Crippen LogP contribution >= 0.6 is 0 Å². The summed E-state index contributed by atoms with van der Waals surface area (Å²) < 4.78 is 83.3. The largest absolute Gasteiger partial charge is 0.494 e. The van der Waals surface area contributed by atoms with Gasteiger partial charge in [0.15, 0.2) is 0 Å². The first kappa shape index (κ1) is 25.7. The van der Waals surface area contributed by atoms with E-state index >= 15 is 0 Å². The molecular formula is C23H18F6N6O2. The Kier molecular flexibility index (Phi) is 6.92. The second-order valence-corrected chi connectivity index (χ2v) is 7.65. The van der Waals surface area contributed by atoms with Crippen LogP contribution in [0.1, 0.15) is 12.7 Å². The van der Waals surface area contributed by atoms with Crippen LogP contribution in [-0.2, 0) is 6.18 Å². The van der Waals surface area contributed by atoms with Crippen LogP contribution in [0.15, 0.2) is 55.0 Å². The molecule has 0 fully saturated rings. The highest BCUT2D eigenvalue weighted by Gasteiger charge is 2.34. The van der Waals surface area contributed by atoms with Gasteiger partial charge < -0.3 is 15.4 Å². The van der Waals surface area contributed by atoms with Crippen molar-refractivity contribution in [1.29, 1.82) is 0 Å². The SMILES string of the molecule is CCOc1cc(NC(=O)NCC(F)(F)F)cc(-c2cnc3cc(-c4ccnc(C(F)(F)F)n4)ccn23)c1. The molecule has 4 rings (SSSR count). The molecule has 37 heavy (non-hydrogen) atoms. The summed E-state index contributed by atoms with van der Waals surface area (Å²) in [7, 11) is 0. The number of benzene rings is 1. The monoisotopic (exact) mass is 524 g/mol. The van der Waals surface area contributed by atoms with E-state index in [1.807, 2.05) is 0 Å². The number of pyridine rings is 1. The summed E-state index contributed by atoms with van der Waals surface area (Å²) in [5.41, 5.74) is 2.04. The fourth-order valence-electron chi connectivity index (χ4n) is 3.43. The van der Waals surface area contributed by atoms with Crippen LogP contribution < -0.4 is 15.4 Å². The first-order valence-electron chi connectivity index (χ1n) is 10.7. The van der Waals surface area contributed by atoms with Gasteiger partial charge >= 0.3 is 18.4 Å². The van der Waals surface area contributed by atoms with Crippen molar-refractivity contribution in [3.05, 3.63) is 60.8 Å². The van der Waals surface area contributed by atoms with E-state index in [-0.39, 0.29) is 11.4 Å². The average molecular weight is 524 g/mol. The molecule has 0 aliphatic carbocycles. The molecule has 3 heterocycles. The minimum Gasteiger partial charge on any atom is -0.494 e. The zero-order valence-electron chi connectivity index (χ0n) is 19.0. The van der Waals surface area contributed by atoms with E-state index in [9.17, 15) is 31.1 Å². The molecule has 14 heteroatoms. The fourth-order valence-corrected chi connectivity index (χ4v) is 3.43. The molecule has 0 aliphatic heterocycles. The fraction of sp³-hybridized carbons (Fsp3) is 0.217. The van der Waals surface area contributed by atoms with E-state index in [2.05, 4.69) is 20.3 Å². The predicted octanol–water partition coefficient (Wildman–Crippen LogP) is 5.56. The Morgan fingerprint density at radius 3 is 2.51 bits per heavy atom. The van der Waals surface area contributed by atoms with Gasteiger partial charge in [0.25, 0.3) is 0 Å². The van der Waals surface area contributed by atoms with E-state index in [1.165, 1.54) is 24.4 Å². The number of carbonyl (C=O) groups excluding carboxylic acids is 1. The van der Waals surface area contributed by atoms with Gasteiger partial charge in [-0.2, -0.15) is 26.3 Å². The number of hydrogen-bond acceptors (Lipinski definition) is 5. The summed E-state index contributed by atoms with van der Waals surface area (Å²) in [5.74, 6) is -0.917. The van der Waals surface area contributed by atoms with Gasteiger partial charge in [-0.3, -0.25) is 4.40 Å². The van der Waals surface area contributed by atoms with Crippen LogP contribution in [0.4, 0.5) is 36.8 Å². The van der Waals surface area contributed by atoms with Crippen LogP contribution in [-0.4, -0.2) is 44.7 Å². The van der Waals surface area contributed by atoms with E-state index in [0.29, 0.717) is 34.8 Å². The van der Waals surface area contributed by atoms with Crippen molar-refractivity contribution >= 4 is 17.4 Å². The third kappa shape index (κ3) is 6.26. The van der Waals surface area contributed by atoms with Gasteiger partial charge in [-0.05, 0) is 37.3 Å². The number of anilines is 1. The maximum atomic E-state index is 13.0. The number of imidazole rings is 1. The third-order valence-corrected chi connectivity index (χ3v) is 4.94. The molecule has 2 N–H and O–H groups in total. The van der Waals surface area contributed by atoms with E-state index in [1.54, 1.807) is 41.0 Å². The van der Waals surface area contributed by atoms with Crippen molar-refractivity contribution in [2.75, 3.05) is 18.5 Å². The summed E-state index contributed by atoms with van der Waals surface area (Å²) in [6.07, 6.45) is -5.16.